The third-order valence-electron chi connectivity index (χ3n) is 4.81. The Hall–Kier alpha value is -1.06. The summed E-state index contributed by atoms with van der Waals surface area (Å²) in [6.07, 6.45) is 4.72. The van der Waals surface area contributed by atoms with Crippen LogP contribution in [-0.2, 0) is 17.6 Å². The first kappa shape index (κ1) is 13.9. The van der Waals surface area contributed by atoms with Gasteiger partial charge in [-0.25, -0.2) is 0 Å². The molecular formula is C17H25NO2. The highest BCUT2D eigenvalue weighted by Gasteiger charge is 2.26. The number of fused-ring (bicyclic) bond motifs is 1. The minimum absolute atomic E-state index is 0.551. The summed E-state index contributed by atoms with van der Waals surface area (Å²) in [4.78, 5) is 0. The summed E-state index contributed by atoms with van der Waals surface area (Å²) in [5, 5.41) is 3.82. The van der Waals surface area contributed by atoms with Gasteiger partial charge < -0.3 is 14.8 Å². The molecule has 0 amide bonds. The molecular weight excluding hydrogens is 250 g/mol. The molecule has 3 nitrogen and oxygen atoms in total. The lowest BCUT2D eigenvalue weighted by molar-refractivity contribution is 0.176. The molecule has 110 valence electrons. The van der Waals surface area contributed by atoms with Gasteiger partial charge in [0.05, 0.1) is 13.7 Å². The number of hydrogen-bond acceptors (Lipinski definition) is 3. The highest BCUT2D eigenvalue weighted by molar-refractivity contribution is 5.37. The molecule has 0 aromatic heterocycles. The Balaban J connectivity index is 1.62. The highest BCUT2D eigenvalue weighted by Crippen LogP contribution is 2.26. The van der Waals surface area contributed by atoms with Crippen LogP contribution in [0.15, 0.2) is 18.2 Å². The topological polar surface area (TPSA) is 30.5 Å². The molecule has 0 spiro atoms. The fourth-order valence-electron chi connectivity index (χ4n) is 3.46. The van der Waals surface area contributed by atoms with Crippen molar-refractivity contribution in [3.05, 3.63) is 29.3 Å². The molecule has 20 heavy (non-hydrogen) atoms. The molecule has 1 aromatic rings. The van der Waals surface area contributed by atoms with Gasteiger partial charge in [-0.2, -0.15) is 0 Å². The minimum Gasteiger partial charge on any atom is -0.497 e. The third kappa shape index (κ3) is 2.99. The molecule has 3 unspecified atom stereocenters. The zero-order valence-corrected chi connectivity index (χ0v) is 12.5. The number of methoxy groups -OCH3 is 1. The molecule has 0 saturated carbocycles. The summed E-state index contributed by atoms with van der Waals surface area (Å²) in [6.45, 7) is 4.16. The maximum Gasteiger partial charge on any atom is 0.119 e. The van der Waals surface area contributed by atoms with Crippen LogP contribution in [0.1, 0.15) is 30.9 Å². The number of nitrogens with one attached hydrogen (secondary N) is 1. The Kier molecular flexibility index (Phi) is 4.27. The van der Waals surface area contributed by atoms with Crippen LogP contribution >= 0.6 is 0 Å². The van der Waals surface area contributed by atoms with Crippen LogP contribution in [0, 0.1) is 5.92 Å². The Morgan fingerprint density at radius 3 is 2.95 bits per heavy atom. The molecule has 3 heteroatoms. The summed E-state index contributed by atoms with van der Waals surface area (Å²) >= 11 is 0. The molecule has 2 aliphatic rings. The van der Waals surface area contributed by atoms with Gasteiger partial charge in [0.25, 0.3) is 0 Å². The zero-order chi connectivity index (χ0) is 13.9. The molecule has 0 bridgehead atoms. The van der Waals surface area contributed by atoms with Crippen LogP contribution < -0.4 is 10.1 Å². The molecule has 1 heterocycles. The van der Waals surface area contributed by atoms with E-state index in [4.69, 9.17) is 9.47 Å². The molecule has 3 atom stereocenters. The van der Waals surface area contributed by atoms with Crippen LogP contribution in [0.2, 0.25) is 0 Å². The van der Waals surface area contributed by atoms with Crippen molar-refractivity contribution in [2.75, 3.05) is 20.3 Å². The minimum atomic E-state index is 0.551. The SMILES string of the molecule is COc1ccc2c(c1)CC(NC(C)C1CCOC1)CC2. The van der Waals surface area contributed by atoms with E-state index in [1.807, 2.05) is 0 Å². The van der Waals surface area contributed by atoms with Gasteiger partial charge in [0.15, 0.2) is 0 Å². The number of aryl methyl sites for hydroxylation is 1. The van der Waals surface area contributed by atoms with E-state index in [0.29, 0.717) is 18.0 Å². The van der Waals surface area contributed by atoms with Crippen LogP contribution in [-0.4, -0.2) is 32.4 Å². The van der Waals surface area contributed by atoms with Crippen LogP contribution in [0.3, 0.4) is 0 Å². The van der Waals surface area contributed by atoms with Crippen LogP contribution in [0.25, 0.3) is 0 Å². The lowest BCUT2D eigenvalue weighted by Gasteiger charge is -2.30. The molecule has 1 aromatic carbocycles. The van der Waals surface area contributed by atoms with Crippen LogP contribution in [0.5, 0.6) is 5.75 Å². The second-order valence-electron chi connectivity index (χ2n) is 6.15. The van der Waals surface area contributed by atoms with Gasteiger partial charge in [0.2, 0.25) is 0 Å². The van der Waals surface area contributed by atoms with E-state index in [9.17, 15) is 0 Å². The third-order valence-corrected chi connectivity index (χ3v) is 4.81. The summed E-state index contributed by atoms with van der Waals surface area (Å²) in [7, 11) is 1.74. The first-order chi connectivity index (χ1) is 9.76. The van der Waals surface area contributed by atoms with Gasteiger partial charge in [-0.15, -0.1) is 0 Å². The van der Waals surface area contributed by atoms with E-state index in [1.165, 1.54) is 30.4 Å². The van der Waals surface area contributed by atoms with Crippen molar-refractivity contribution >= 4 is 0 Å². The zero-order valence-electron chi connectivity index (χ0n) is 12.5. The number of benzene rings is 1. The largest absolute Gasteiger partial charge is 0.497 e. The fraction of sp³-hybridized carbons (Fsp3) is 0.647. The lowest BCUT2D eigenvalue weighted by Crippen LogP contribution is -2.43. The van der Waals surface area contributed by atoms with Crippen molar-refractivity contribution < 1.29 is 9.47 Å². The fourth-order valence-corrected chi connectivity index (χ4v) is 3.46. The monoisotopic (exact) mass is 275 g/mol. The summed E-state index contributed by atoms with van der Waals surface area (Å²) < 4.78 is 10.8. The van der Waals surface area contributed by atoms with Gasteiger partial charge in [-0.1, -0.05) is 6.07 Å². The second kappa shape index (κ2) is 6.15. The van der Waals surface area contributed by atoms with E-state index < -0.39 is 0 Å². The van der Waals surface area contributed by atoms with E-state index in [-0.39, 0.29) is 0 Å². The Labute approximate surface area is 121 Å². The second-order valence-corrected chi connectivity index (χ2v) is 6.15. The predicted molar refractivity (Wildman–Crippen MR) is 80.3 cm³/mol. The van der Waals surface area contributed by atoms with Crippen molar-refractivity contribution in [2.45, 2.75) is 44.7 Å². The molecule has 1 aliphatic carbocycles. The smallest absolute Gasteiger partial charge is 0.119 e. The van der Waals surface area contributed by atoms with Crippen molar-refractivity contribution in [3.8, 4) is 5.75 Å². The van der Waals surface area contributed by atoms with Crippen molar-refractivity contribution in [1.29, 1.82) is 0 Å². The maximum atomic E-state index is 5.50. The van der Waals surface area contributed by atoms with Crippen molar-refractivity contribution in [3.63, 3.8) is 0 Å². The highest BCUT2D eigenvalue weighted by atomic mass is 16.5. The normalized spacial score (nSPS) is 27.1. The summed E-state index contributed by atoms with van der Waals surface area (Å²) in [6, 6.07) is 7.64. The Morgan fingerprint density at radius 1 is 1.30 bits per heavy atom. The number of hydrogen-bond donors (Lipinski definition) is 1. The van der Waals surface area contributed by atoms with Gasteiger partial charge in [-0.3, -0.25) is 0 Å². The van der Waals surface area contributed by atoms with Gasteiger partial charge in [0, 0.05) is 18.7 Å². The maximum absolute atomic E-state index is 5.50. The van der Waals surface area contributed by atoms with Crippen molar-refractivity contribution in [2.24, 2.45) is 5.92 Å². The average Bonchev–Trinajstić information content (AvgIpc) is 3.00. The predicted octanol–water partition coefficient (Wildman–Crippen LogP) is 2.57. The lowest BCUT2D eigenvalue weighted by atomic mass is 9.87. The van der Waals surface area contributed by atoms with E-state index in [2.05, 4.69) is 30.4 Å². The van der Waals surface area contributed by atoms with E-state index in [0.717, 1.165) is 25.4 Å². The molecule has 3 rings (SSSR count). The van der Waals surface area contributed by atoms with Gasteiger partial charge in [-0.05, 0) is 61.8 Å². The molecule has 1 fully saturated rings. The van der Waals surface area contributed by atoms with E-state index >= 15 is 0 Å². The summed E-state index contributed by atoms with van der Waals surface area (Å²) in [5.74, 6) is 1.66. The van der Waals surface area contributed by atoms with E-state index in [1.54, 1.807) is 7.11 Å². The molecule has 1 aliphatic heterocycles. The first-order valence-electron chi connectivity index (χ1n) is 7.76. The Morgan fingerprint density at radius 2 is 2.20 bits per heavy atom. The number of rotatable bonds is 4. The van der Waals surface area contributed by atoms with Crippen LogP contribution in [0.4, 0.5) is 0 Å². The Bertz CT molecular complexity index is 454. The molecule has 0 radical (unpaired) electrons. The standard InChI is InChI=1S/C17H25NO2/c1-12(14-7-8-20-11-14)18-16-5-3-13-4-6-17(19-2)10-15(13)9-16/h4,6,10,12,14,16,18H,3,5,7-9,11H2,1-2H3. The van der Waals surface area contributed by atoms with Gasteiger partial charge in [0.1, 0.15) is 5.75 Å². The summed E-state index contributed by atoms with van der Waals surface area (Å²) in [5.41, 5.74) is 2.93. The first-order valence-corrected chi connectivity index (χ1v) is 7.76. The molecule has 1 N–H and O–H groups in total. The van der Waals surface area contributed by atoms with Crippen molar-refractivity contribution in [1.82, 2.24) is 5.32 Å². The average molecular weight is 275 g/mol. The quantitative estimate of drug-likeness (QED) is 0.916. The molecule has 1 saturated heterocycles. The van der Waals surface area contributed by atoms with Gasteiger partial charge >= 0.3 is 0 Å². The number of ether oxygens (including phenoxy) is 2.